The Morgan fingerprint density at radius 3 is 2.66 bits per heavy atom. The minimum Gasteiger partial charge on any atom is -0.396 e. The van der Waals surface area contributed by atoms with E-state index in [1.54, 1.807) is 0 Å². The summed E-state index contributed by atoms with van der Waals surface area (Å²) in [5.74, 6) is 0.499. The summed E-state index contributed by atoms with van der Waals surface area (Å²) in [6, 6.07) is 4.18. The molecule has 0 aliphatic heterocycles. The van der Waals surface area contributed by atoms with Gasteiger partial charge in [0.05, 0.1) is 10.0 Å². The van der Waals surface area contributed by atoms with Gasteiger partial charge in [-0.05, 0) is 57.1 Å². The molecule has 2 fully saturated rings. The number of rotatable bonds is 6. The fraction of sp³-hybridized carbons (Fsp3) is 0.650. The summed E-state index contributed by atoms with van der Waals surface area (Å²) in [5, 5.41) is 12.9. The van der Waals surface area contributed by atoms with Crippen LogP contribution in [0.4, 0.5) is 0 Å². The normalized spacial score (nSPS) is 27.5. The first-order chi connectivity index (χ1) is 13.5. The van der Waals surface area contributed by atoms with Crippen LogP contribution in [0.15, 0.2) is 23.1 Å². The second kappa shape index (κ2) is 8.71. The van der Waals surface area contributed by atoms with Crippen LogP contribution < -0.4 is 10.0 Å². The first-order valence-corrected chi connectivity index (χ1v) is 12.2. The first-order valence-electron chi connectivity index (χ1n) is 9.95. The van der Waals surface area contributed by atoms with Crippen molar-refractivity contribution in [2.45, 2.75) is 62.4 Å². The number of sulfonamides is 1. The number of carbonyl (C=O) groups excluding carboxylic acids is 1. The average molecular weight is 463 g/mol. The van der Waals surface area contributed by atoms with E-state index in [0.29, 0.717) is 11.8 Å². The van der Waals surface area contributed by atoms with Gasteiger partial charge in [-0.2, -0.15) is 4.72 Å². The topological polar surface area (TPSA) is 95.5 Å². The van der Waals surface area contributed by atoms with E-state index < -0.39 is 21.5 Å². The summed E-state index contributed by atoms with van der Waals surface area (Å²) in [5.41, 5.74) is -1.41. The van der Waals surface area contributed by atoms with Crippen LogP contribution in [0.1, 0.15) is 46.0 Å². The molecule has 2 aliphatic rings. The summed E-state index contributed by atoms with van der Waals surface area (Å²) in [7, 11) is -4.07. The summed E-state index contributed by atoms with van der Waals surface area (Å²) in [6.45, 7) is 3.04. The summed E-state index contributed by atoms with van der Waals surface area (Å²) >= 11 is 12.0. The van der Waals surface area contributed by atoms with Gasteiger partial charge >= 0.3 is 0 Å². The molecule has 0 spiro atoms. The molecule has 3 N–H and O–H groups in total. The van der Waals surface area contributed by atoms with Crippen LogP contribution in [-0.4, -0.2) is 37.6 Å². The van der Waals surface area contributed by atoms with E-state index in [2.05, 4.69) is 10.0 Å². The fourth-order valence-electron chi connectivity index (χ4n) is 4.72. The molecule has 1 amide bonds. The Morgan fingerprint density at radius 1 is 1.24 bits per heavy atom. The van der Waals surface area contributed by atoms with Crippen LogP contribution in [0.3, 0.4) is 0 Å². The number of hydrogen-bond acceptors (Lipinski definition) is 4. The largest absolute Gasteiger partial charge is 0.396 e. The zero-order valence-corrected chi connectivity index (χ0v) is 18.9. The van der Waals surface area contributed by atoms with Gasteiger partial charge in [0.1, 0.15) is 10.4 Å². The van der Waals surface area contributed by atoms with Gasteiger partial charge in [-0.1, -0.05) is 42.1 Å². The van der Waals surface area contributed by atoms with Crippen LogP contribution in [-0.2, 0) is 14.8 Å². The molecule has 9 heteroatoms. The lowest BCUT2D eigenvalue weighted by Crippen LogP contribution is -2.60. The number of halogens is 2. The zero-order valence-electron chi connectivity index (χ0n) is 16.6. The van der Waals surface area contributed by atoms with Gasteiger partial charge in [0.15, 0.2) is 0 Å². The lowest BCUT2D eigenvalue weighted by molar-refractivity contribution is -0.128. The van der Waals surface area contributed by atoms with E-state index in [0.717, 1.165) is 25.7 Å². The molecule has 2 aliphatic carbocycles. The fourth-order valence-corrected chi connectivity index (χ4v) is 6.86. The molecule has 29 heavy (non-hydrogen) atoms. The van der Waals surface area contributed by atoms with Crippen molar-refractivity contribution < 1.29 is 18.3 Å². The Labute approximate surface area is 182 Å². The Kier molecular flexibility index (Phi) is 6.85. The van der Waals surface area contributed by atoms with Gasteiger partial charge in [-0.25, -0.2) is 8.42 Å². The highest BCUT2D eigenvalue weighted by Gasteiger charge is 2.43. The van der Waals surface area contributed by atoms with Crippen molar-refractivity contribution in [1.29, 1.82) is 0 Å². The molecule has 4 unspecified atom stereocenters. The van der Waals surface area contributed by atoms with E-state index >= 15 is 0 Å². The molecule has 0 radical (unpaired) electrons. The molecule has 162 valence electrons. The molecule has 2 bridgehead atoms. The number of aliphatic hydroxyl groups excluding tert-OH is 1. The first kappa shape index (κ1) is 22.8. The van der Waals surface area contributed by atoms with Crippen LogP contribution in [0.5, 0.6) is 0 Å². The van der Waals surface area contributed by atoms with Crippen LogP contribution in [0, 0.1) is 17.8 Å². The van der Waals surface area contributed by atoms with Gasteiger partial charge in [-0.15, -0.1) is 0 Å². The second-order valence-corrected chi connectivity index (χ2v) is 11.2. The average Bonchev–Trinajstić information content (AvgIpc) is 2.65. The number of amides is 1. The molecule has 4 atom stereocenters. The van der Waals surface area contributed by atoms with Crippen LogP contribution in [0.2, 0.25) is 10.0 Å². The number of fused-ring (bicyclic) bond motifs is 2. The third-order valence-electron chi connectivity index (χ3n) is 6.17. The predicted octanol–water partition coefficient (Wildman–Crippen LogP) is 3.35. The number of hydrogen-bond donors (Lipinski definition) is 3. The van der Waals surface area contributed by atoms with Gasteiger partial charge in [0, 0.05) is 18.6 Å². The molecule has 3 rings (SSSR count). The molecule has 1 aromatic rings. The quantitative estimate of drug-likeness (QED) is 0.603. The van der Waals surface area contributed by atoms with Crippen LogP contribution in [0.25, 0.3) is 0 Å². The number of nitrogens with one attached hydrogen (secondary N) is 2. The van der Waals surface area contributed by atoms with Crippen molar-refractivity contribution in [1.82, 2.24) is 10.0 Å². The third kappa shape index (κ3) is 4.90. The maximum absolute atomic E-state index is 13.0. The van der Waals surface area contributed by atoms with Gasteiger partial charge in [-0.3, -0.25) is 4.79 Å². The summed E-state index contributed by atoms with van der Waals surface area (Å²) in [4.78, 5) is 12.9. The number of carbonyl (C=O) groups is 1. The van der Waals surface area contributed by atoms with Crippen molar-refractivity contribution in [3.05, 3.63) is 28.2 Å². The highest BCUT2D eigenvalue weighted by molar-refractivity contribution is 7.89. The number of aliphatic hydroxyl groups is 1. The van der Waals surface area contributed by atoms with Crippen molar-refractivity contribution in [2.75, 3.05) is 6.61 Å². The maximum atomic E-state index is 13.0. The highest BCUT2D eigenvalue weighted by Crippen LogP contribution is 2.42. The maximum Gasteiger partial charge on any atom is 0.243 e. The molecule has 6 nitrogen and oxygen atoms in total. The van der Waals surface area contributed by atoms with E-state index in [1.807, 2.05) is 0 Å². The zero-order chi connectivity index (χ0) is 21.4. The molecule has 0 saturated heterocycles. The molecular formula is C20H28Cl2N2O4S. The third-order valence-corrected chi connectivity index (χ3v) is 8.80. The Balaban J connectivity index is 1.76. The SMILES string of the molecule is CC(C)(NS(=O)(=O)c1cccc(Cl)c1Cl)C(=O)NC1C(CO)CC2CCCC1C2. The second-order valence-electron chi connectivity index (χ2n) is 8.75. The standard InChI is InChI=1S/C20H28Cl2N2O4S/c1-20(2,24-29(27,28)16-8-4-7-15(21)17(16)22)19(26)23-18-13-6-3-5-12(9-13)10-14(18)11-25/h4,7-8,12-14,18,24-25H,3,5-6,9-11H2,1-2H3,(H,23,26). The van der Waals surface area contributed by atoms with E-state index in [-0.39, 0.29) is 33.5 Å². The minimum absolute atomic E-state index is 0.00205. The van der Waals surface area contributed by atoms with Crippen molar-refractivity contribution in [3.8, 4) is 0 Å². The Bertz CT molecular complexity index is 873. The molecule has 2 saturated carbocycles. The summed E-state index contributed by atoms with van der Waals surface area (Å²) in [6.07, 6.45) is 5.26. The Hall–Kier alpha value is -0.860. The highest BCUT2D eigenvalue weighted by atomic mass is 35.5. The lowest BCUT2D eigenvalue weighted by Gasteiger charge is -2.45. The molecule has 0 aromatic heterocycles. The van der Waals surface area contributed by atoms with Crippen molar-refractivity contribution in [3.63, 3.8) is 0 Å². The van der Waals surface area contributed by atoms with Crippen LogP contribution >= 0.6 is 23.2 Å². The van der Waals surface area contributed by atoms with Crippen molar-refractivity contribution in [2.24, 2.45) is 17.8 Å². The monoisotopic (exact) mass is 462 g/mol. The molecular weight excluding hydrogens is 435 g/mol. The smallest absolute Gasteiger partial charge is 0.243 e. The van der Waals surface area contributed by atoms with E-state index in [1.165, 1.54) is 38.5 Å². The van der Waals surface area contributed by atoms with Gasteiger partial charge in [0.25, 0.3) is 0 Å². The van der Waals surface area contributed by atoms with Gasteiger partial charge < -0.3 is 10.4 Å². The van der Waals surface area contributed by atoms with E-state index in [4.69, 9.17) is 23.2 Å². The summed E-state index contributed by atoms with van der Waals surface area (Å²) < 4.78 is 28.1. The van der Waals surface area contributed by atoms with Crippen molar-refractivity contribution >= 4 is 39.1 Å². The van der Waals surface area contributed by atoms with E-state index in [9.17, 15) is 18.3 Å². The minimum atomic E-state index is -4.07. The van der Waals surface area contributed by atoms with Gasteiger partial charge in [0.2, 0.25) is 15.9 Å². The number of benzene rings is 1. The molecule has 0 heterocycles. The predicted molar refractivity (Wildman–Crippen MR) is 113 cm³/mol. The molecule has 1 aromatic carbocycles. The lowest BCUT2D eigenvalue weighted by atomic mass is 9.65. The Morgan fingerprint density at radius 2 is 1.97 bits per heavy atom.